The third kappa shape index (κ3) is 3.56. The zero-order valence-corrected chi connectivity index (χ0v) is 16.7. The van der Waals surface area contributed by atoms with Gasteiger partial charge in [0.05, 0.1) is 18.8 Å². The first kappa shape index (κ1) is 19.7. The van der Waals surface area contributed by atoms with Gasteiger partial charge in [0.1, 0.15) is 11.6 Å². The molecule has 4 aromatic rings. The minimum absolute atomic E-state index is 0.0928. The van der Waals surface area contributed by atoms with E-state index in [9.17, 15) is 18.4 Å². The molecule has 0 unspecified atom stereocenters. The number of nitrogens with zero attached hydrogens (tertiary/aromatic N) is 4. The summed E-state index contributed by atoms with van der Waals surface area (Å²) in [6.07, 6.45) is 3.20. The molecule has 0 radical (unpaired) electrons. The van der Waals surface area contributed by atoms with E-state index in [2.05, 4.69) is 9.97 Å². The fraction of sp³-hybridized carbons (Fsp3) is 0.0833. The van der Waals surface area contributed by atoms with Crippen molar-refractivity contribution < 1.29 is 13.6 Å². The number of halogens is 2. The van der Waals surface area contributed by atoms with Crippen LogP contribution in [0.4, 0.5) is 20.4 Å². The molecule has 8 heteroatoms. The fourth-order valence-electron chi connectivity index (χ4n) is 3.81. The molecule has 0 saturated carbocycles. The quantitative estimate of drug-likeness (QED) is 0.459. The van der Waals surface area contributed by atoms with Crippen LogP contribution in [0.5, 0.6) is 0 Å². The lowest BCUT2D eigenvalue weighted by atomic mass is 10.1. The van der Waals surface area contributed by atoms with E-state index in [1.165, 1.54) is 10.6 Å². The Labute approximate surface area is 181 Å². The van der Waals surface area contributed by atoms with Crippen LogP contribution in [0.3, 0.4) is 0 Å². The number of anilines is 2. The molecular weight excluding hydrogens is 414 g/mol. The molecule has 1 aliphatic heterocycles. The molecule has 0 saturated heterocycles. The van der Waals surface area contributed by atoms with E-state index in [-0.39, 0.29) is 23.6 Å². The summed E-state index contributed by atoms with van der Waals surface area (Å²) in [6, 6.07) is 15.0. The highest BCUT2D eigenvalue weighted by atomic mass is 19.1. The lowest BCUT2D eigenvalue weighted by Gasteiger charge is -2.32. The first-order valence-corrected chi connectivity index (χ1v) is 9.86. The van der Waals surface area contributed by atoms with Gasteiger partial charge in [0.25, 0.3) is 5.56 Å². The van der Waals surface area contributed by atoms with E-state index >= 15 is 0 Å². The number of rotatable bonds is 4. The lowest BCUT2D eigenvalue weighted by Crippen LogP contribution is -2.37. The summed E-state index contributed by atoms with van der Waals surface area (Å²) in [7, 11) is 0. The normalized spacial score (nSPS) is 12.2. The molecule has 0 spiro atoms. The van der Waals surface area contributed by atoms with E-state index in [1.54, 1.807) is 29.4 Å². The number of Topliss-reactive ketones (excluding diaryl/α,β-unsaturated/α-hetero) is 1. The Balaban J connectivity index is 1.63. The molecule has 3 heterocycles. The van der Waals surface area contributed by atoms with Gasteiger partial charge in [-0.2, -0.15) is 0 Å². The Morgan fingerprint density at radius 3 is 2.44 bits per heavy atom. The van der Waals surface area contributed by atoms with Crippen molar-refractivity contribution in [1.82, 2.24) is 14.5 Å². The highest BCUT2D eigenvalue weighted by Crippen LogP contribution is 2.33. The molecule has 0 N–H and O–H groups in total. The number of hydrogen-bond donors (Lipinski definition) is 0. The van der Waals surface area contributed by atoms with Gasteiger partial charge in [0.15, 0.2) is 5.78 Å². The van der Waals surface area contributed by atoms with Crippen molar-refractivity contribution in [1.29, 1.82) is 0 Å². The van der Waals surface area contributed by atoms with Crippen LogP contribution in [-0.2, 0) is 6.54 Å². The van der Waals surface area contributed by atoms with E-state index in [0.29, 0.717) is 29.6 Å². The second kappa shape index (κ2) is 7.81. The second-order valence-corrected chi connectivity index (χ2v) is 7.40. The van der Waals surface area contributed by atoms with Gasteiger partial charge in [-0.05, 0) is 35.9 Å². The smallest absolute Gasteiger partial charge is 0.255 e. The minimum atomic E-state index is -0.831. The third-order valence-electron chi connectivity index (χ3n) is 5.30. The maximum atomic E-state index is 13.7. The fourth-order valence-corrected chi connectivity index (χ4v) is 3.81. The number of hydrogen-bond acceptors (Lipinski definition) is 5. The Morgan fingerprint density at radius 2 is 1.69 bits per heavy atom. The molecule has 0 amide bonds. The van der Waals surface area contributed by atoms with Crippen LogP contribution in [0.2, 0.25) is 0 Å². The zero-order valence-electron chi connectivity index (χ0n) is 16.7. The molecule has 158 valence electrons. The predicted molar refractivity (Wildman–Crippen MR) is 115 cm³/mol. The van der Waals surface area contributed by atoms with Crippen molar-refractivity contribution in [2.75, 3.05) is 11.4 Å². The first-order chi connectivity index (χ1) is 15.5. The summed E-state index contributed by atoms with van der Waals surface area (Å²) in [5.74, 6) is -1.88. The summed E-state index contributed by atoms with van der Waals surface area (Å²) in [6.45, 7) is 0.0550. The van der Waals surface area contributed by atoms with Gasteiger partial charge in [0.2, 0.25) is 5.95 Å². The Bertz CT molecular complexity index is 1380. The Hall–Kier alpha value is -4.20. The molecule has 0 aliphatic carbocycles. The molecule has 0 bridgehead atoms. The lowest BCUT2D eigenvalue weighted by molar-refractivity contribution is 0.1000. The maximum absolute atomic E-state index is 13.7. The number of para-hydroxylation sites is 1. The Kier molecular flexibility index (Phi) is 4.82. The average molecular weight is 430 g/mol. The van der Waals surface area contributed by atoms with Gasteiger partial charge in [-0.25, -0.2) is 13.8 Å². The summed E-state index contributed by atoms with van der Waals surface area (Å²) in [4.78, 5) is 36.2. The van der Waals surface area contributed by atoms with Crippen molar-refractivity contribution in [3.8, 4) is 11.3 Å². The van der Waals surface area contributed by atoms with Crippen LogP contribution in [0, 0.1) is 11.6 Å². The number of carbonyl (C=O) groups is 1. The molecule has 5 rings (SSSR count). The maximum Gasteiger partial charge on any atom is 0.255 e. The molecule has 32 heavy (non-hydrogen) atoms. The van der Waals surface area contributed by atoms with E-state index in [0.717, 1.165) is 17.7 Å². The monoisotopic (exact) mass is 430 g/mol. The molecule has 1 aliphatic rings. The van der Waals surface area contributed by atoms with Crippen LogP contribution < -0.4 is 10.5 Å². The van der Waals surface area contributed by atoms with Gasteiger partial charge in [-0.15, -0.1) is 0 Å². The standard InChI is InChI=1S/C24H16F2N4O2/c25-18-9-17(10-19(26)11-18)22(31)14-29-21-4-2-1-3-16(21)13-30-23(32)12-20(28-24(29)30)15-5-7-27-8-6-15/h1-12H,13-14H2. The van der Waals surface area contributed by atoms with Crippen LogP contribution >= 0.6 is 0 Å². The summed E-state index contributed by atoms with van der Waals surface area (Å²) >= 11 is 0. The van der Waals surface area contributed by atoms with Crippen molar-refractivity contribution in [2.24, 2.45) is 0 Å². The molecule has 2 aromatic heterocycles. The van der Waals surface area contributed by atoms with Gasteiger partial charge in [-0.3, -0.25) is 19.1 Å². The SMILES string of the molecule is O=C(CN1c2ccccc2Cn2c1nc(-c1ccncc1)cc2=O)c1cc(F)cc(F)c1. The van der Waals surface area contributed by atoms with Gasteiger partial charge < -0.3 is 4.90 Å². The topological polar surface area (TPSA) is 68.1 Å². The summed E-state index contributed by atoms with van der Waals surface area (Å²) in [5.41, 5.74) is 2.32. The second-order valence-electron chi connectivity index (χ2n) is 7.40. The molecule has 6 nitrogen and oxygen atoms in total. The first-order valence-electron chi connectivity index (χ1n) is 9.86. The van der Waals surface area contributed by atoms with E-state index in [1.807, 2.05) is 24.3 Å². The Morgan fingerprint density at radius 1 is 0.969 bits per heavy atom. The number of fused-ring (bicyclic) bond motifs is 2. The molecule has 0 atom stereocenters. The number of carbonyl (C=O) groups excluding carboxylic acids is 1. The molecule has 2 aromatic carbocycles. The number of benzene rings is 2. The highest BCUT2D eigenvalue weighted by molar-refractivity contribution is 6.00. The van der Waals surface area contributed by atoms with Gasteiger partial charge >= 0.3 is 0 Å². The molecular formula is C24H16F2N4O2. The number of aromatic nitrogens is 3. The van der Waals surface area contributed by atoms with Crippen molar-refractivity contribution in [2.45, 2.75) is 6.54 Å². The average Bonchev–Trinajstić information content (AvgIpc) is 2.79. The highest BCUT2D eigenvalue weighted by Gasteiger charge is 2.27. The van der Waals surface area contributed by atoms with Gasteiger partial charge in [0, 0.05) is 41.3 Å². The van der Waals surface area contributed by atoms with E-state index < -0.39 is 17.4 Å². The van der Waals surface area contributed by atoms with Crippen LogP contribution in [0.15, 0.2) is 77.9 Å². The van der Waals surface area contributed by atoms with Crippen molar-refractivity contribution >= 4 is 17.4 Å². The summed E-state index contributed by atoms with van der Waals surface area (Å²) in [5, 5.41) is 0. The van der Waals surface area contributed by atoms with Crippen LogP contribution in [-0.4, -0.2) is 26.9 Å². The van der Waals surface area contributed by atoms with Crippen LogP contribution in [0.1, 0.15) is 15.9 Å². The van der Waals surface area contributed by atoms with E-state index in [4.69, 9.17) is 0 Å². The number of ketones is 1. The number of pyridine rings is 1. The minimum Gasteiger partial charge on any atom is -0.304 e. The van der Waals surface area contributed by atoms with Crippen molar-refractivity contribution in [3.63, 3.8) is 0 Å². The third-order valence-corrected chi connectivity index (χ3v) is 5.30. The van der Waals surface area contributed by atoms with Crippen LogP contribution in [0.25, 0.3) is 11.3 Å². The molecule has 0 fully saturated rings. The predicted octanol–water partition coefficient (Wildman–Crippen LogP) is 3.97. The largest absolute Gasteiger partial charge is 0.304 e. The van der Waals surface area contributed by atoms with Crippen molar-refractivity contribution in [3.05, 3.63) is 106 Å². The van der Waals surface area contributed by atoms with Gasteiger partial charge in [-0.1, -0.05) is 18.2 Å². The zero-order chi connectivity index (χ0) is 22.2. The summed E-state index contributed by atoms with van der Waals surface area (Å²) < 4.78 is 28.8.